The molecule has 1 aromatic heterocycles. The zero-order valence-electron chi connectivity index (χ0n) is 21.1. The van der Waals surface area contributed by atoms with Crippen molar-refractivity contribution in [2.45, 2.75) is 72.1 Å². The van der Waals surface area contributed by atoms with Crippen LogP contribution < -0.4 is 20.1 Å². The van der Waals surface area contributed by atoms with Gasteiger partial charge in [0, 0.05) is 35.3 Å². The second-order valence-corrected chi connectivity index (χ2v) is 10.6. The van der Waals surface area contributed by atoms with Crippen molar-refractivity contribution in [2.75, 3.05) is 11.9 Å². The van der Waals surface area contributed by atoms with Crippen LogP contribution in [-0.2, 0) is 16.1 Å². The highest BCUT2D eigenvalue weighted by Crippen LogP contribution is 2.40. The van der Waals surface area contributed by atoms with E-state index in [0.717, 1.165) is 47.5 Å². The van der Waals surface area contributed by atoms with Crippen molar-refractivity contribution in [3.8, 4) is 22.6 Å². The molecule has 0 radical (unpaired) electrons. The molecule has 8 heteroatoms. The van der Waals surface area contributed by atoms with Crippen LogP contribution in [0, 0.1) is 11.8 Å². The van der Waals surface area contributed by atoms with Crippen LogP contribution in [0.1, 0.15) is 59.4 Å². The minimum atomic E-state index is -0.518. The molecule has 0 bridgehead atoms. The largest absolute Gasteiger partial charge is 0.493 e. The molecule has 2 N–H and O–H groups in total. The number of nitrogens with zero attached hydrogens (tertiary/aromatic N) is 1. The lowest BCUT2D eigenvalue weighted by Crippen LogP contribution is -2.38. The summed E-state index contributed by atoms with van der Waals surface area (Å²) in [6.07, 6.45) is 4.02. The molecule has 2 amide bonds. The number of fused-ring (bicyclic) bond motifs is 3. The molecule has 1 aromatic carbocycles. The SMILES string of the molecule is CC(COc1ccc2c(c1)OCc1cnc(NC(=O)C3CC3)cc1-2)CC(C)NC(=O)OC(C)(C)C. The van der Waals surface area contributed by atoms with E-state index in [2.05, 4.69) is 22.5 Å². The Balaban J connectivity index is 1.33. The summed E-state index contributed by atoms with van der Waals surface area (Å²) in [4.78, 5) is 28.4. The third kappa shape index (κ3) is 6.87. The molecule has 0 spiro atoms. The standard InChI is InChI=1S/C27H35N3O5/c1-16(10-17(2)29-26(32)35-27(3,4)5)14-33-20-8-9-21-22-12-24(30-25(31)18-6-7-18)28-13-19(22)15-34-23(21)11-20/h8-9,11-13,16-18H,6-7,10,14-15H2,1-5H3,(H,29,32)(H,28,30,31). The van der Waals surface area contributed by atoms with Gasteiger partial charge in [-0.1, -0.05) is 6.92 Å². The predicted octanol–water partition coefficient (Wildman–Crippen LogP) is 5.31. The summed E-state index contributed by atoms with van der Waals surface area (Å²) >= 11 is 0. The Morgan fingerprint density at radius 3 is 2.66 bits per heavy atom. The molecule has 35 heavy (non-hydrogen) atoms. The average Bonchev–Trinajstić information content (AvgIpc) is 3.61. The minimum absolute atomic E-state index is 0.0324. The molecule has 8 nitrogen and oxygen atoms in total. The van der Waals surface area contributed by atoms with Crippen molar-refractivity contribution in [1.29, 1.82) is 0 Å². The molecule has 2 atom stereocenters. The molecule has 188 valence electrons. The van der Waals surface area contributed by atoms with E-state index >= 15 is 0 Å². The highest BCUT2D eigenvalue weighted by Gasteiger charge is 2.30. The summed E-state index contributed by atoms with van der Waals surface area (Å²) in [5.41, 5.74) is 2.42. The molecule has 1 aliphatic heterocycles. The van der Waals surface area contributed by atoms with Gasteiger partial charge in [-0.25, -0.2) is 9.78 Å². The van der Waals surface area contributed by atoms with E-state index in [-0.39, 0.29) is 23.8 Å². The second kappa shape index (κ2) is 10.1. The van der Waals surface area contributed by atoms with Crippen molar-refractivity contribution >= 4 is 17.8 Å². The maximum atomic E-state index is 12.1. The summed E-state index contributed by atoms with van der Waals surface area (Å²) in [7, 11) is 0. The summed E-state index contributed by atoms with van der Waals surface area (Å²) in [5, 5.41) is 5.79. The number of aromatic nitrogens is 1. The van der Waals surface area contributed by atoms with Crippen LogP contribution in [0.3, 0.4) is 0 Å². The molecule has 1 fully saturated rings. The third-order valence-electron chi connectivity index (χ3n) is 5.87. The van der Waals surface area contributed by atoms with Crippen LogP contribution in [0.2, 0.25) is 0 Å². The van der Waals surface area contributed by atoms with Gasteiger partial charge in [-0.05, 0) is 76.6 Å². The van der Waals surface area contributed by atoms with Crippen molar-refractivity contribution in [2.24, 2.45) is 11.8 Å². The first-order chi connectivity index (χ1) is 16.6. The zero-order valence-corrected chi connectivity index (χ0v) is 21.1. The fourth-order valence-electron chi connectivity index (χ4n) is 4.06. The fourth-order valence-corrected chi connectivity index (χ4v) is 4.06. The lowest BCUT2D eigenvalue weighted by Gasteiger charge is -2.24. The highest BCUT2D eigenvalue weighted by atomic mass is 16.6. The number of rotatable bonds is 8. The monoisotopic (exact) mass is 481 g/mol. The number of carbonyl (C=O) groups is 2. The van der Waals surface area contributed by atoms with Crippen LogP contribution >= 0.6 is 0 Å². The number of nitrogens with one attached hydrogen (secondary N) is 2. The molecule has 1 saturated carbocycles. The Morgan fingerprint density at radius 2 is 1.94 bits per heavy atom. The molecular formula is C27H35N3O5. The van der Waals surface area contributed by atoms with Gasteiger partial charge < -0.3 is 24.8 Å². The predicted molar refractivity (Wildman–Crippen MR) is 133 cm³/mol. The van der Waals surface area contributed by atoms with Crippen LogP contribution in [0.15, 0.2) is 30.5 Å². The quantitative estimate of drug-likeness (QED) is 0.530. The maximum Gasteiger partial charge on any atom is 0.407 e. The first-order valence-corrected chi connectivity index (χ1v) is 12.3. The molecule has 2 heterocycles. The maximum absolute atomic E-state index is 12.1. The molecular weight excluding hydrogens is 446 g/mol. The Bertz CT molecular complexity index is 1090. The van der Waals surface area contributed by atoms with Crippen LogP contribution in [0.5, 0.6) is 11.5 Å². The minimum Gasteiger partial charge on any atom is -0.493 e. The van der Waals surface area contributed by atoms with Crippen molar-refractivity contribution in [1.82, 2.24) is 10.3 Å². The van der Waals surface area contributed by atoms with Gasteiger partial charge in [0.15, 0.2) is 0 Å². The Hall–Kier alpha value is -3.29. The number of benzene rings is 1. The van der Waals surface area contributed by atoms with Gasteiger partial charge in [0.05, 0.1) is 6.61 Å². The van der Waals surface area contributed by atoms with Crippen LogP contribution in [0.4, 0.5) is 10.6 Å². The number of pyridine rings is 1. The fraction of sp³-hybridized carbons (Fsp3) is 0.519. The molecule has 2 unspecified atom stereocenters. The van der Waals surface area contributed by atoms with Gasteiger partial charge in [0.25, 0.3) is 0 Å². The smallest absolute Gasteiger partial charge is 0.407 e. The number of hydrogen-bond acceptors (Lipinski definition) is 6. The van der Waals surface area contributed by atoms with Crippen LogP contribution in [-0.4, -0.2) is 35.2 Å². The van der Waals surface area contributed by atoms with E-state index < -0.39 is 11.7 Å². The van der Waals surface area contributed by atoms with E-state index in [4.69, 9.17) is 14.2 Å². The van der Waals surface area contributed by atoms with Crippen molar-refractivity contribution in [3.63, 3.8) is 0 Å². The Morgan fingerprint density at radius 1 is 1.17 bits per heavy atom. The van der Waals surface area contributed by atoms with Gasteiger partial charge in [0.2, 0.25) is 5.91 Å². The van der Waals surface area contributed by atoms with Crippen LogP contribution in [0.25, 0.3) is 11.1 Å². The van der Waals surface area contributed by atoms with E-state index in [0.29, 0.717) is 19.0 Å². The van der Waals surface area contributed by atoms with Crippen molar-refractivity contribution in [3.05, 3.63) is 36.0 Å². The zero-order chi connectivity index (χ0) is 25.2. The molecule has 2 aromatic rings. The second-order valence-electron chi connectivity index (χ2n) is 10.6. The van der Waals surface area contributed by atoms with Gasteiger partial charge in [0.1, 0.15) is 29.5 Å². The number of ether oxygens (including phenoxy) is 3. The van der Waals surface area contributed by atoms with E-state index in [1.54, 1.807) is 6.20 Å². The molecule has 4 rings (SSSR count). The number of amides is 2. The summed E-state index contributed by atoms with van der Waals surface area (Å²) in [6.45, 7) is 10.5. The van der Waals surface area contributed by atoms with E-state index in [1.807, 2.05) is 52.0 Å². The first-order valence-electron chi connectivity index (χ1n) is 12.3. The number of alkyl carbamates (subject to hydrolysis) is 1. The van der Waals surface area contributed by atoms with E-state index in [1.165, 1.54) is 0 Å². The molecule has 2 aliphatic rings. The van der Waals surface area contributed by atoms with E-state index in [9.17, 15) is 9.59 Å². The lowest BCUT2D eigenvalue weighted by molar-refractivity contribution is -0.117. The highest BCUT2D eigenvalue weighted by molar-refractivity contribution is 5.94. The summed E-state index contributed by atoms with van der Waals surface area (Å²) in [6, 6.07) is 7.69. The Kier molecular flexibility index (Phi) is 7.19. The summed E-state index contributed by atoms with van der Waals surface area (Å²) < 4.78 is 17.3. The van der Waals surface area contributed by atoms with Gasteiger partial charge in [-0.15, -0.1) is 0 Å². The molecule has 0 saturated heterocycles. The summed E-state index contributed by atoms with van der Waals surface area (Å²) in [5.74, 6) is 2.43. The third-order valence-corrected chi connectivity index (χ3v) is 5.87. The topological polar surface area (TPSA) is 98.8 Å². The van der Waals surface area contributed by atoms with Crippen molar-refractivity contribution < 1.29 is 23.8 Å². The lowest BCUT2D eigenvalue weighted by atomic mass is 9.98. The Labute approximate surface area is 206 Å². The average molecular weight is 482 g/mol. The van der Waals surface area contributed by atoms with Gasteiger partial charge in [-0.2, -0.15) is 0 Å². The normalized spacial score (nSPS) is 16.1. The van der Waals surface area contributed by atoms with Gasteiger partial charge in [-0.3, -0.25) is 4.79 Å². The number of carbonyl (C=O) groups excluding carboxylic acids is 2. The first kappa shape index (κ1) is 24.8. The van der Waals surface area contributed by atoms with Gasteiger partial charge >= 0.3 is 6.09 Å². The number of anilines is 1. The molecule has 1 aliphatic carbocycles. The number of hydrogen-bond donors (Lipinski definition) is 2.